The fourth-order valence-electron chi connectivity index (χ4n) is 4.70. The molecule has 1 unspecified atom stereocenters. The third-order valence-corrected chi connectivity index (χ3v) is 9.39. The molecule has 1 heterocycles. The number of hydrogen-bond donors (Lipinski definition) is 1. The third kappa shape index (κ3) is 15.4. The van der Waals surface area contributed by atoms with Crippen LogP contribution in [0, 0.1) is 0 Å². The van der Waals surface area contributed by atoms with Crippen molar-refractivity contribution >= 4 is 27.6 Å². The van der Waals surface area contributed by atoms with Crippen molar-refractivity contribution in [3.05, 3.63) is 35.9 Å². The molecular weight excluding hydrogens is 556 g/mol. The van der Waals surface area contributed by atoms with Crippen molar-refractivity contribution in [3.63, 3.8) is 0 Å². The van der Waals surface area contributed by atoms with Crippen LogP contribution in [-0.2, 0) is 15.6 Å². The molecule has 0 aliphatic carbocycles. The lowest BCUT2D eigenvalue weighted by Gasteiger charge is -2.31. The highest BCUT2D eigenvalue weighted by atomic mass is 127. The van der Waals surface area contributed by atoms with Gasteiger partial charge in [0.2, 0.25) is 0 Å². The van der Waals surface area contributed by atoms with E-state index in [1.54, 1.807) is 0 Å². The van der Waals surface area contributed by atoms with E-state index in [9.17, 15) is 4.89 Å². The van der Waals surface area contributed by atoms with Crippen molar-refractivity contribution in [1.29, 1.82) is 0 Å². The van der Waals surface area contributed by atoms with E-state index < -0.39 is 5.59 Å². The quantitative estimate of drug-likeness (QED) is 0.0913. The molecule has 0 amide bonds. The predicted octanol–water partition coefficient (Wildman–Crippen LogP) is 9.27. The number of benzene rings is 1. The van der Waals surface area contributed by atoms with Crippen LogP contribution in [0.4, 0.5) is 0 Å². The lowest BCUT2D eigenvalue weighted by molar-refractivity contribution is 0.0744. The lowest BCUT2D eigenvalue weighted by atomic mass is 10.0. The number of hydrogen-bond acceptors (Lipinski definition) is 4. The normalized spacial score (nSPS) is 17.1. The molecule has 1 N–H and O–H groups in total. The molecule has 1 aromatic carbocycles. The van der Waals surface area contributed by atoms with Gasteiger partial charge in [0.1, 0.15) is 6.10 Å². The molecule has 1 aliphatic rings. The standard InChI is InChI=1S/C28H50INO3P/c1-2-3-4-5-6-7-8-9-10-11-12-13-14-18-25-32-34(29,31)33-28-21-23-30(24-22-28)26-27-19-16-15-17-20-27/h15-17,19-20,28,31H,2-14,18,21-26H2,1H3/q+1. The Balaban J connectivity index is 1.39. The second-order valence-corrected chi connectivity index (χ2v) is 15.0. The number of halogens is 1. The Morgan fingerprint density at radius 2 is 1.32 bits per heavy atom. The van der Waals surface area contributed by atoms with Gasteiger partial charge in [-0.05, 0) is 24.8 Å². The molecule has 6 heteroatoms. The lowest BCUT2D eigenvalue weighted by Crippen LogP contribution is -2.36. The van der Waals surface area contributed by atoms with Crippen LogP contribution in [0.1, 0.15) is 115 Å². The van der Waals surface area contributed by atoms with Gasteiger partial charge in [0.15, 0.2) is 0 Å². The molecule has 1 atom stereocenters. The SMILES string of the molecule is CCCCCCCCCCCCCCCCO[P+](O)(I)OC1CCN(Cc2ccccc2)CC1. The summed E-state index contributed by atoms with van der Waals surface area (Å²) in [5.41, 5.74) is -1.37. The first kappa shape index (κ1) is 30.4. The zero-order valence-electron chi connectivity index (χ0n) is 21.6. The molecule has 0 radical (unpaired) electrons. The van der Waals surface area contributed by atoms with E-state index in [0.29, 0.717) is 6.61 Å². The number of nitrogens with zero attached hydrogens (tertiary/aromatic N) is 1. The van der Waals surface area contributed by atoms with Gasteiger partial charge in [-0.25, -0.2) is 0 Å². The van der Waals surface area contributed by atoms with Crippen LogP contribution in [-0.4, -0.2) is 35.6 Å². The Morgan fingerprint density at radius 1 is 0.824 bits per heavy atom. The van der Waals surface area contributed by atoms with Gasteiger partial charge < -0.3 is 0 Å². The van der Waals surface area contributed by atoms with Gasteiger partial charge in [-0.15, -0.1) is 0 Å². The van der Waals surface area contributed by atoms with E-state index in [4.69, 9.17) is 9.05 Å². The molecule has 1 aliphatic heterocycles. The molecule has 0 bridgehead atoms. The van der Waals surface area contributed by atoms with E-state index in [1.807, 2.05) is 22.0 Å². The van der Waals surface area contributed by atoms with Crippen molar-refractivity contribution in [2.75, 3.05) is 19.7 Å². The minimum Gasteiger partial charge on any atom is -0.299 e. The third-order valence-electron chi connectivity index (χ3n) is 6.81. The van der Waals surface area contributed by atoms with Crippen LogP contribution < -0.4 is 0 Å². The second kappa shape index (κ2) is 19.3. The topological polar surface area (TPSA) is 41.9 Å². The summed E-state index contributed by atoms with van der Waals surface area (Å²) in [5.74, 6) is 0. The molecule has 1 aromatic rings. The van der Waals surface area contributed by atoms with Crippen LogP contribution in [0.5, 0.6) is 0 Å². The molecule has 4 nitrogen and oxygen atoms in total. The van der Waals surface area contributed by atoms with Crippen LogP contribution in [0.25, 0.3) is 0 Å². The molecule has 1 fully saturated rings. The summed E-state index contributed by atoms with van der Waals surface area (Å²) in [6.45, 7) is 5.90. The Bertz CT molecular complexity index is 597. The number of likely N-dealkylation sites (tertiary alicyclic amines) is 1. The van der Waals surface area contributed by atoms with Crippen molar-refractivity contribution < 1.29 is 13.9 Å². The van der Waals surface area contributed by atoms with Crippen LogP contribution in [0.15, 0.2) is 30.3 Å². The number of piperidine rings is 1. The van der Waals surface area contributed by atoms with Crippen molar-refractivity contribution in [3.8, 4) is 0 Å². The Morgan fingerprint density at radius 3 is 1.85 bits per heavy atom. The van der Waals surface area contributed by atoms with E-state index in [0.717, 1.165) is 38.9 Å². The zero-order chi connectivity index (χ0) is 24.3. The van der Waals surface area contributed by atoms with Crippen molar-refractivity contribution in [1.82, 2.24) is 4.90 Å². The van der Waals surface area contributed by atoms with Crippen molar-refractivity contribution in [2.45, 2.75) is 122 Å². The summed E-state index contributed by atoms with van der Waals surface area (Å²) in [6.07, 6.45) is 20.9. The molecule has 1 saturated heterocycles. The molecule has 2 rings (SSSR count). The van der Waals surface area contributed by atoms with Crippen LogP contribution in [0.2, 0.25) is 0 Å². The van der Waals surface area contributed by atoms with E-state index >= 15 is 0 Å². The van der Waals surface area contributed by atoms with Gasteiger partial charge in [0, 0.05) is 19.6 Å². The fourth-order valence-corrected chi connectivity index (χ4v) is 7.25. The van der Waals surface area contributed by atoms with E-state index in [1.165, 1.54) is 89.0 Å². The van der Waals surface area contributed by atoms with E-state index in [2.05, 4.69) is 42.2 Å². The van der Waals surface area contributed by atoms with Gasteiger partial charge in [-0.1, -0.05) is 121 Å². The van der Waals surface area contributed by atoms with Gasteiger partial charge in [-0.3, -0.25) is 4.90 Å². The average Bonchev–Trinajstić information content (AvgIpc) is 2.83. The summed E-state index contributed by atoms with van der Waals surface area (Å²) in [5, 5.41) is 0. The summed E-state index contributed by atoms with van der Waals surface area (Å²) in [4.78, 5) is 13.1. The summed E-state index contributed by atoms with van der Waals surface area (Å²) < 4.78 is 11.8. The maximum atomic E-state index is 10.6. The highest BCUT2D eigenvalue weighted by Gasteiger charge is 2.42. The molecule has 0 saturated carbocycles. The predicted molar refractivity (Wildman–Crippen MR) is 155 cm³/mol. The monoisotopic (exact) mass is 606 g/mol. The minimum absolute atomic E-state index is 0.110. The van der Waals surface area contributed by atoms with Crippen LogP contribution >= 0.6 is 27.6 Å². The maximum Gasteiger partial charge on any atom is 0.473 e. The molecule has 0 aromatic heterocycles. The average molecular weight is 607 g/mol. The number of unbranched alkanes of at least 4 members (excludes halogenated alkanes) is 13. The Labute approximate surface area is 223 Å². The largest absolute Gasteiger partial charge is 0.473 e. The fraction of sp³-hybridized carbons (Fsp3) is 0.786. The molecule has 0 spiro atoms. The van der Waals surface area contributed by atoms with Gasteiger partial charge in [-0.2, -0.15) is 13.9 Å². The summed E-state index contributed by atoms with van der Waals surface area (Å²) in [7, 11) is 0. The summed E-state index contributed by atoms with van der Waals surface area (Å²) in [6, 6.07) is 10.6. The maximum absolute atomic E-state index is 10.6. The zero-order valence-corrected chi connectivity index (χ0v) is 24.7. The Kier molecular flexibility index (Phi) is 17.3. The first-order chi connectivity index (χ1) is 16.6. The molecule has 196 valence electrons. The highest BCUT2D eigenvalue weighted by molar-refractivity contribution is 14.2. The number of rotatable bonds is 20. The van der Waals surface area contributed by atoms with E-state index in [-0.39, 0.29) is 6.10 Å². The molecular formula is C28H50INO3P+. The van der Waals surface area contributed by atoms with Gasteiger partial charge in [0.25, 0.3) is 22.0 Å². The minimum atomic E-state index is -2.73. The molecule has 34 heavy (non-hydrogen) atoms. The summed E-state index contributed by atoms with van der Waals surface area (Å²) >= 11 is 2.01. The second-order valence-electron chi connectivity index (χ2n) is 9.95. The Hall–Kier alpha value is 0.220. The van der Waals surface area contributed by atoms with Gasteiger partial charge >= 0.3 is 5.59 Å². The smallest absolute Gasteiger partial charge is 0.299 e. The first-order valence-corrected chi connectivity index (χ1v) is 18.4. The van der Waals surface area contributed by atoms with Crippen LogP contribution in [0.3, 0.4) is 0 Å². The van der Waals surface area contributed by atoms with Gasteiger partial charge in [0.05, 0.1) is 6.61 Å². The van der Waals surface area contributed by atoms with Crippen molar-refractivity contribution in [2.24, 2.45) is 0 Å². The highest BCUT2D eigenvalue weighted by Crippen LogP contribution is 2.66. The first-order valence-electron chi connectivity index (χ1n) is 14.0.